The van der Waals surface area contributed by atoms with E-state index in [1.165, 1.54) is 0 Å². The van der Waals surface area contributed by atoms with Crippen LogP contribution in [0, 0.1) is 0 Å². The molecule has 0 bridgehead atoms. The number of hydrogen-bond acceptors (Lipinski definition) is 2. The Labute approximate surface area is 135 Å². The van der Waals surface area contributed by atoms with E-state index in [0.717, 1.165) is 16.9 Å². The summed E-state index contributed by atoms with van der Waals surface area (Å²) >= 11 is 3.35. The largest absolute Gasteiger partial charge is 0.352 e. The van der Waals surface area contributed by atoms with Crippen molar-refractivity contribution < 1.29 is 4.79 Å². The molecule has 0 fully saturated rings. The number of halogens is 1. The fourth-order valence-electron chi connectivity index (χ4n) is 1.85. The maximum atomic E-state index is 11.9. The van der Waals surface area contributed by atoms with Gasteiger partial charge in [-0.05, 0) is 30.7 Å². The smallest absolute Gasteiger partial charge is 0.251 e. The summed E-state index contributed by atoms with van der Waals surface area (Å²) in [5.74, 6) is 0.876. The van der Waals surface area contributed by atoms with Crippen molar-refractivity contribution in [3.8, 4) is 0 Å². The molecule has 5 nitrogen and oxygen atoms in total. The van der Waals surface area contributed by atoms with Crippen LogP contribution in [-0.2, 0) is 0 Å². The fraction of sp³-hybridized carbons (Fsp3) is 0.467. The second-order valence-electron chi connectivity index (χ2n) is 5.09. The molecule has 6 heteroatoms. The van der Waals surface area contributed by atoms with E-state index in [2.05, 4.69) is 26.2 Å². The summed E-state index contributed by atoms with van der Waals surface area (Å²) in [6, 6.07) is 7.32. The van der Waals surface area contributed by atoms with E-state index >= 15 is 0 Å². The van der Waals surface area contributed by atoms with Gasteiger partial charge >= 0.3 is 0 Å². The van der Waals surface area contributed by atoms with Gasteiger partial charge in [-0.15, -0.1) is 0 Å². The third-order valence-electron chi connectivity index (χ3n) is 2.78. The van der Waals surface area contributed by atoms with Gasteiger partial charge < -0.3 is 15.1 Å². The number of guanidine groups is 1. The lowest BCUT2D eigenvalue weighted by Crippen LogP contribution is -2.35. The van der Waals surface area contributed by atoms with Crippen LogP contribution in [0.1, 0.15) is 16.8 Å². The SMILES string of the molecule is CN(C)C(=NCCCNC(=O)c1ccc(Br)cc1)N(C)C. The van der Waals surface area contributed by atoms with Crippen molar-refractivity contribution >= 4 is 27.8 Å². The molecular weight excluding hydrogens is 332 g/mol. The molecule has 0 heterocycles. The Morgan fingerprint density at radius 2 is 1.71 bits per heavy atom. The number of carbonyl (C=O) groups excluding carboxylic acids is 1. The Morgan fingerprint density at radius 3 is 2.24 bits per heavy atom. The van der Waals surface area contributed by atoms with Gasteiger partial charge in [0.25, 0.3) is 5.91 Å². The lowest BCUT2D eigenvalue weighted by atomic mass is 10.2. The van der Waals surface area contributed by atoms with Gasteiger partial charge in [-0.25, -0.2) is 0 Å². The number of carbonyl (C=O) groups is 1. The van der Waals surface area contributed by atoms with Gasteiger partial charge in [-0.3, -0.25) is 9.79 Å². The highest BCUT2D eigenvalue weighted by Gasteiger charge is 2.05. The van der Waals surface area contributed by atoms with Gasteiger partial charge in [0.2, 0.25) is 0 Å². The lowest BCUT2D eigenvalue weighted by molar-refractivity contribution is 0.0953. The molecule has 0 atom stereocenters. The highest BCUT2D eigenvalue weighted by Crippen LogP contribution is 2.10. The molecule has 1 aromatic rings. The standard InChI is InChI=1S/C15H23BrN4O/c1-19(2)15(20(3)4)18-11-5-10-17-14(21)12-6-8-13(16)9-7-12/h6-9H,5,10-11H2,1-4H3,(H,17,21). The molecule has 0 aliphatic rings. The van der Waals surface area contributed by atoms with Gasteiger partial charge in [-0.2, -0.15) is 0 Å². The number of benzene rings is 1. The molecule has 0 aliphatic carbocycles. The Bertz CT molecular complexity index is 473. The van der Waals surface area contributed by atoms with Crippen LogP contribution in [0.5, 0.6) is 0 Å². The zero-order valence-corrected chi connectivity index (χ0v) is 14.6. The normalized spacial score (nSPS) is 9.95. The Morgan fingerprint density at radius 1 is 1.14 bits per heavy atom. The van der Waals surface area contributed by atoms with Crippen LogP contribution in [-0.4, -0.2) is 62.9 Å². The molecule has 1 amide bonds. The maximum Gasteiger partial charge on any atom is 0.251 e. The molecule has 116 valence electrons. The van der Waals surface area contributed by atoms with E-state index in [1.54, 1.807) is 12.1 Å². The van der Waals surface area contributed by atoms with Crippen molar-refractivity contribution in [3.63, 3.8) is 0 Å². The summed E-state index contributed by atoms with van der Waals surface area (Å²) < 4.78 is 0.966. The van der Waals surface area contributed by atoms with Gasteiger partial charge in [0.05, 0.1) is 0 Å². The minimum absolute atomic E-state index is 0.0491. The summed E-state index contributed by atoms with van der Waals surface area (Å²) in [4.78, 5) is 20.4. The second-order valence-corrected chi connectivity index (χ2v) is 6.00. The highest BCUT2D eigenvalue weighted by molar-refractivity contribution is 9.10. The first-order valence-electron chi connectivity index (χ1n) is 6.84. The zero-order valence-electron chi connectivity index (χ0n) is 13.1. The molecule has 1 aromatic carbocycles. The fourth-order valence-corrected chi connectivity index (χ4v) is 2.11. The Balaban J connectivity index is 2.35. The monoisotopic (exact) mass is 354 g/mol. The number of nitrogens with zero attached hydrogens (tertiary/aromatic N) is 3. The number of hydrogen-bond donors (Lipinski definition) is 1. The first kappa shape index (κ1) is 17.5. The van der Waals surface area contributed by atoms with Crippen LogP contribution < -0.4 is 5.32 Å². The predicted molar refractivity (Wildman–Crippen MR) is 90.8 cm³/mol. The number of amides is 1. The quantitative estimate of drug-likeness (QED) is 0.500. The van der Waals surface area contributed by atoms with E-state index in [1.807, 2.05) is 50.1 Å². The van der Waals surface area contributed by atoms with Gasteiger partial charge in [0, 0.05) is 51.3 Å². The summed E-state index contributed by atoms with van der Waals surface area (Å²) in [6.07, 6.45) is 0.813. The van der Waals surface area contributed by atoms with E-state index in [9.17, 15) is 4.79 Å². The first-order valence-corrected chi connectivity index (χ1v) is 7.64. The summed E-state index contributed by atoms with van der Waals surface area (Å²) in [5, 5.41) is 2.90. The van der Waals surface area contributed by atoms with Crippen LogP contribution >= 0.6 is 15.9 Å². The van der Waals surface area contributed by atoms with Gasteiger partial charge in [0.1, 0.15) is 0 Å². The van der Waals surface area contributed by atoms with Crippen LogP contribution in [0.2, 0.25) is 0 Å². The van der Waals surface area contributed by atoms with Crippen LogP contribution in [0.4, 0.5) is 0 Å². The average Bonchev–Trinajstić information content (AvgIpc) is 2.42. The molecule has 0 aliphatic heterocycles. The van der Waals surface area contributed by atoms with Crippen LogP contribution in [0.3, 0.4) is 0 Å². The second kappa shape index (κ2) is 8.67. The minimum atomic E-state index is -0.0491. The molecular formula is C15H23BrN4O. The topological polar surface area (TPSA) is 47.9 Å². The van der Waals surface area contributed by atoms with Crippen molar-refractivity contribution in [2.75, 3.05) is 41.3 Å². The Hall–Kier alpha value is -1.56. The summed E-state index contributed by atoms with van der Waals surface area (Å²) in [6.45, 7) is 1.30. The average molecular weight is 355 g/mol. The van der Waals surface area contributed by atoms with Crippen molar-refractivity contribution in [1.29, 1.82) is 0 Å². The van der Waals surface area contributed by atoms with E-state index in [-0.39, 0.29) is 5.91 Å². The van der Waals surface area contributed by atoms with Gasteiger partial charge in [-0.1, -0.05) is 15.9 Å². The lowest BCUT2D eigenvalue weighted by Gasteiger charge is -2.22. The van der Waals surface area contributed by atoms with E-state index < -0.39 is 0 Å². The molecule has 0 unspecified atom stereocenters. The van der Waals surface area contributed by atoms with Crippen molar-refractivity contribution in [1.82, 2.24) is 15.1 Å². The molecule has 0 spiro atoms. The van der Waals surface area contributed by atoms with E-state index in [4.69, 9.17) is 0 Å². The predicted octanol–water partition coefficient (Wildman–Crippen LogP) is 2.05. The van der Waals surface area contributed by atoms with Crippen molar-refractivity contribution in [2.45, 2.75) is 6.42 Å². The highest BCUT2D eigenvalue weighted by atomic mass is 79.9. The zero-order chi connectivity index (χ0) is 15.8. The first-order chi connectivity index (χ1) is 9.91. The van der Waals surface area contributed by atoms with Crippen molar-refractivity contribution in [2.24, 2.45) is 4.99 Å². The minimum Gasteiger partial charge on any atom is -0.352 e. The Kier molecular flexibility index (Phi) is 7.22. The number of rotatable bonds is 5. The summed E-state index contributed by atoms with van der Waals surface area (Å²) in [7, 11) is 7.87. The van der Waals surface area contributed by atoms with Crippen LogP contribution in [0.15, 0.2) is 33.7 Å². The number of nitrogens with one attached hydrogen (secondary N) is 1. The van der Waals surface area contributed by atoms with Crippen LogP contribution in [0.25, 0.3) is 0 Å². The molecule has 0 aromatic heterocycles. The van der Waals surface area contributed by atoms with E-state index in [0.29, 0.717) is 18.7 Å². The number of aliphatic imine (C=N–C) groups is 1. The molecule has 21 heavy (non-hydrogen) atoms. The van der Waals surface area contributed by atoms with Gasteiger partial charge in [0.15, 0.2) is 5.96 Å². The summed E-state index contributed by atoms with van der Waals surface area (Å²) in [5.41, 5.74) is 0.670. The molecule has 0 radical (unpaired) electrons. The maximum absolute atomic E-state index is 11.9. The molecule has 1 N–H and O–H groups in total. The third kappa shape index (κ3) is 6.16. The molecule has 1 rings (SSSR count). The molecule has 0 saturated heterocycles. The van der Waals surface area contributed by atoms with Crippen molar-refractivity contribution in [3.05, 3.63) is 34.3 Å². The molecule has 0 saturated carbocycles. The third-order valence-corrected chi connectivity index (χ3v) is 3.31.